The van der Waals surface area contributed by atoms with E-state index in [2.05, 4.69) is 5.16 Å². The van der Waals surface area contributed by atoms with Gasteiger partial charge >= 0.3 is 0 Å². The van der Waals surface area contributed by atoms with Crippen molar-refractivity contribution in [2.45, 2.75) is 18.6 Å². The summed E-state index contributed by atoms with van der Waals surface area (Å²) in [5.74, 6) is 0. The molecular weight excluding hydrogens is 156 g/mol. The predicted molar refractivity (Wildman–Crippen MR) is 37.8 cm³/mol. The molecule has 0 spiro atoms. The highest BCUT2D eigenvalue weighted by Gasteiger charge is 2.25. The Labute approximate surface area is 63.6 Å². The number of hydrogen-bond donors (Lipinski definition) is 2. The van der Waals surface area contributed by atoms with Crippen LogP contribution in [-0.2, 0) is 4.84 Å². The van der Waals surface area contributed by atoms with E-state index in [1.807, 2.05) is 0 Å². The van der Waals surface area contributed by atoms with Crippen LogP contribution in [0.4, 0.5) is 0 Å². The molecule has 0 radical (unpaired) electrons. The summed E-state index contributed by atoms with van der Waals surface area (Å²) >= 11 is 5.50. The largest absolute Gasteiger partial charge is 0.395 e. The Bertz CT molecular complexity index is 151. The zero-order chi connectivity index (χ0) is 7.56. The van der Waals surface area contributed by atoms with Crippen molar-refractivity contribution in [2.24, 2.45) is 10.9 Å². The lowest BCUT2D eigenvalue weighted by Crippen LogP contribution is -2.37. The molecule has 1 aliphatic heterocycles. The highest BCUT2D eigenvalue weighted by Crippen LogP contribution is 2.14. The van der Waals surface area contributed by atoms with Gasteiger partial charge in [-0.1, -0.05) is 16.8 Å². The molecule has 10 heavy (non-hydrogen) atoms. The molecule has 1 heterocycles. The first-order valence-electron chi connectivity index (χ1n) is 2.98. The Morgan fingerprint density at radius 1 is 2.00 bits per heavy atom. The lowest BCUT2D eigenvalue weighted by Gasteiger charge is -2.13. The molecule has 58 valence electrons. The number of nitrogens with zero attached hydrogens (tertiary/aromatic N) is 1. The maximum Gasteiger partial charge on any atom is 0.151 e. The maximum absolute atomic E-state index is 8.58. The first kappa shape index (κ1) is 7.78. The topological polar surface area (TPSA) is 67.8 Å². The number of aliphatic hydroxyl groups is 1. The summed E-state index contributed by atoms with van der Waals surface area (Å²) in [6.45, 7) is -0.107. The number of hydrogen-bond acceptors (Lipinski definition) is 4. The van der Waals surface area contributed by atoms with E-state index in [0.29, 0.717) is 11.6 Å². The van der Waals surface area contributed by atoms with E-state index >= 15 is 0 Å². The first-order chi connectivity index (χ1) is 4.74. The van der Waals surface area contributed by atoms with Gasteiger partial charge in [-0.15, -0.1) is 0 Å². The molecule has 0 amide bonds. The number of oxime groups is 1. The first-order valence-corrected chi connectivity index (χ1v) is 3.36. The van der Waals surface area contributed by atoms with Crippen molar-refractivity contribution < 1.29 is 9.94 Å². The van der Waals surface area contributed by atoms with Crippen LogP contribution in [0.5, 0.6) is 0 Å². The molecule has 3 N–H and O–H groups in total. The summed E-state index contributed by atoms with van der Waals surface area (Å²) in [5, 5.41) is 12.5. The second kappa shape index (κ2) is 3.18. The number of aliphatic hydroxyl groups excluding tert-OH is 1. The molecule has 0 aromatic rings. The second-order valence-electron chi connectivity index (χ2n) is 2.16. The van der Waals surface area contributed by atoms with Crippen LogP contribution >= 0.6 is 11.6 Å². The molecule has 0 bridgehead atoms. The monoisotopic (exact) mass is 164 g/mol. The molecule has 0 saturated carbocycles. The summed E-state index contributed by atoms with van der Waals surface area (Å²) in [4.78, 5) is 4.79. The minimum atomic E-state index is -0.389. The average molecular weight is 165 g/mol. The second-order valence-corrected chi connectivity index (χ2v) is 2.60. The lowest BCUT2D eigenvalue weighted by atomic mass is 10.1. The Hall–Kier alpha value is -0.320. The van der Waals surface area contributed by atoms with Gasteiger partial charge in [0.15, 0.2) is 6.10 Å². The van der Waals surface area contributed by atoms with E-state index in [-0.39, 0.29) is 18.8 Å². The summed E-state index contributed by atoms with van der Waals surface area (Å²) in [5.41, 5.74) is 5.43. The molecular formula is C5H9ClN2O2. The van der Waals surface area contributed by atoms with Crippen molar-refractivity contribution in [2.75, 3.05) is 6.61 Å². The average Bonchev–Trinajstić information content (AvgIpc) is 2.34. The van der Waals surface area contributed by atoms with Gasteiger partial charge in [-0.3, -0.25) is 0 Å². The van der Waals surface area contributed by atoms with Crippen LogP contribution in [0.25, 0.3) is 0 Å². The van der Waals surface area contributed by atoms with E-state index in [1.165, 1.54) is 0 Å². The molecule has 0 aromatic carbocycles. The Kier molecular flexibility index (Phi) is 2.48. The van der Waals surface area contributed by atoms with Crippen LogP contribution in [-0.4, -0.2) is 29.0 Å². The van der Waals surface area contributed by atoms with Crippen LogP contribution in [0.15, 0.2) is 5.16 Å². The lowest BCUT2D eigenvalue weighted by molar-refractivity contribution is 0.0484. The highest BCUT2D eigenvalue weighted by atomic mass is 35.5. The molecule has 5 heteroatoms. The molecule has 1 aliphatic rings. The van der Waals surface area contributed by atoms with Crippen LogP contribution in [0, 0.1) is 0 Å². The molecule has 4 nitrogen and oxygen atoms in total. The summed E-state index contributed by atoms with van der Waals surface area (Å²) in [6, 6.07) is -0.389. The zero-order valence-corrected chi connectivity index (χ0v) is 6.08. The molecule has 0 aliphatic carbocycles. The smallest absolute Gasteiger partial charge is 0.151 e. The third-order valence-corrected chi connectivity index (χ3v) is 1.57. The van der Waals surface area contributed by atoms with Crippen LogP contribution in [0.3, 0.4) is 0 Å². The zero-order valence-electron chi connectivity index (χ0n) is 5.33. The van der Waals surface area contributed by atoms with Gasteiger partial charge < -0.3 is 15.7 Å². The maximum atomic E-state index is 8.58. The fraction of sp³-hybridized carbons (Fsp3) is 0.800. The summed E-state index contributed by atoms with van der Waals surface area (Å²) in [6.07, 6.45) is 0.251. The Morgan fingerprint density at radius 2 is 2.70 bits per heavy atom. The van der Waals surface area contributed by atoms with Crippen molar-refractivity contribution in [3.05, 3.63) is 0 Å². The summed E-state index contributed by atoms with van der Waals surface area (Å²) < 4.78 is 0. The van der Waals surface area contributed by atoms with E-state index in [4.69, 9.17) is 27.3 Å². The van der Waals surface area contributed by atoms with Gasteiger partial charge in [0.1, 0.15) is 5.17 Å². The van der Waals surface area contributed by atoms with Crippen LogP contribution in [0.1, 0.15) is 6.42 Å². The Morgan fingerprint density at radius 3 is 3.10 bits per heavy atom. The molecule has 0 aromatic heterocycles. The third kappa shape index (κ3) is 1.59. The minimum Gasteiger partial charge on any atom is -0.395 e. The fourth-order valence-electron chi connectivity index (χ4n) is 0.713. The van der Waals surface area contributed by atoms with Crippen LogP contribution in [0.2, 0.25) is 0 Å². The van der Waals surface area contributed by atoms with Gasteiger partial charge in [0.25, 0.3) is 0 Å². The van der Waals surface area contributed by atoms with E-state index in [9.17, 15) is 0 Å². The van der Waals surface area contributed by atoms with Crippen molar-refractivity contribution in [1.82, 2.24) is 0 Å². The normalized spacial score (nSPS) is 27.5. The predicted octanol–water partition coefficient (Wildman–Crippen LogP) is -0.353. The SMILES string of the molecule is N[C@H](CO)[C@H]1CC(Cl)=NO1. The van der Waals surface area contributed by atoms with Crippen molar-refractivity contribution in [3.63, 3.8) is 0 Å². The van der Waals surface area contributed by atoms with E-state index in [0.717, 1.165) is 0 Å². The Balaban J connectivity index is 2.34. The molecule has 2 atom stereocenters. The highest BCUT2D eigenvalue weighted by molar-refractivity contribution is 6.65. The third-order valence-electron chi connectivity index (χ3n) is 1.35. The standard InChI is InChI=1S/C5H9ClN2O2/c6-5-1-4(10-8-5)3(7)2-9/h3-4,9H,1-2,7H2/t3-,4-/m1/s1. The molecule has 0 unspecified atom stereocenters. The fourth-order valence-corrected chi connectivity index (χ4v) is 0.904. The molecule has 0 saturated heterocycles. The van der Waals surface area contributed by atoms with Crippen LogP contribution < -0.4 is 5.73 Å². The number of rotatable bonds is 2. The van der Waals surface area contributed by atoms with E-state index < -0.39 is 0 Å². The van der Waals surface area contributed by atoms with Gasteiger partial charge in [0, 0.05) is 6.42 Å². The molecule has 1 rings (SSSR count). The van der Waals surface area contributed by atoms with Gasteiger partial charge in [0.2, 0.25) is 0 Å². The van der Waals surface area contributed by atoms with Gasteiger partial charge in [0.05, 0.1) is 12.6 Å². The minimum absolute atomic E-state index is 0.107. The summed E-state index contributed by atoms with van der Waals surface area (Å²) in [7, 11) is 0. The quantitative estimate of drug-likeness (QED) is 0.586. The van der Waals surface area contributed by atoms with Gasteiger partial charge in [-0.25, -0.2) is 0 Å². The van der Waals surface area contributed by atoms with Gasteiger partial charge in [-0.05, 0) is 0 Å². The van der Waals surface area contributed by atoms with Crippen molar-refractivity contribution >= 4 is 16.8 Å². The van der Waals surface area contributed by atoms with Gasteiger partial charge in [-0.2, -0.15) is 0 Å². The van der Waals surface area contributed by atoms with Crippen molar-refractivity contribution in [3.8, 4) is 0 Å². The van der Waals surface area contributed by atoms with Crippen molar-refractivity contribution in [1.29, 1.82) is 0 Å². The molecule has 0 fully saturated rings. The van der Waals surface area contributed by atoms with E-state index in [1.54, 1.807) is 0 Å². The number of halogens is 1. The number of nitrogens with two attached hydrogens (primary N) is 1.